The Kier molecular flexibility index (Phi) is 7.06. The summed E-state index contributed by atoms with van der Waals surface area (Å²) in [6.07, 6.45) is 4.29. The van der Waals surface area contributed by atoms with Crippen molar-refractivity contribution in [3.8, 4) is 0 Å². The average molecular weight is 318 g/mol. The Morgan fingerprint density at radius 2 is 2.09 bits per heavy atom. The predicted octanol–water partition coefficient (Wildman–Crippen LogP) is 2.83. The molecule has 1 saturated heterocycles. The molecular weight excluding hydrogens is 288 g/mol. The van der Waals surface area contributed by atoms with Crippen LogP contribution in [0, 0.1) is 5.41 Å². The largest absolute Gasteiger partial charge is 0.377 e. The van der Waals surface area contributed by atoms with E-state index in [1.54, 1.807) is 7.05 Å². The Bertz CT molecular complexity index is 478. The number of piperidine rings is 1. The summed E-state index contributed by atoms with van der Waals surface area (Å²) in [5, 5.41) is 2.81. The highest BCUT2D eigenvalue weighted by molar-refractivity contribution is 5.82. The zero-order chi connectivity index (χ0) is 16.5. The maximum absolute atomic E-state index is 12.0. The molecule has 0 aromatic heterocycles. The Hall–Kier alpha value is -1.39. The van der Waals surface area contributed by atoms with Crippen LogP contribution in [0.25, 0.3) is 0 Å². The summed E-state index contributed by atoms with van der Waals surface area (Å²) < 4.78 is 5.72. The van der Waals surface area contributed by atoms with Crippen LogP contribution in [0.1, 0.15) is 38.2 Å². The third-order valence-corrected chi connectivity index (χ3v) is 4.68. The first-order valence-electron chi connectivity index (χ1n) is 8.70. The van der Waals surface area contributed by atoms with Gasteiger partial charge in [0.1, 0.15) is 0 Å². The van der Waals surface area contributed by atoms with Gasteiger partial charge in [0.2, 0.25) is 5.91 Å². The SMILES string of the molecule is CNC(=O)C1(C)CCCN(CCCCOCc2ccccc2)C1. The molecule has 1 N–H and O–H groups in total. The van der Waals surface area contributed by atoms with Crippen molar-refractivity contribution in [2.24, 2.45) is 5.41 Å². The number of unbranched alkanes of at least 4 members (excludes halogenated alkanes) is 1. The van der Waals surface area contributed by atoms with Crippen molar-refractivity contribution < 1.29 is 9.53 Å². The molecule has 128 valence electrons. The van der Waals surface area contributed by atoms with Crippen LogP contribution < -0.4 is 5.32 Å². The van der Waals surface area contributed by atoms with Crippen molar-refractivity contribution in [2.45, 2.75) is 39.2 Å². The van der Waals surface area contributed by atoms with Gasteiger partial charge in [-0.3, -0.25) is 4.79 Å². The lowest BCUT2D eigenvalue weighted by Gasteiger charge is -2.39. The summed E-state index contributed by atoms with van der Waals surface area (Å²) in [6, 6.07) is 10.3. The topological polar surface area (TPSA) is 41.6 Å². The summed E-state index contributed by atoms with van der Waals surface area (Å²) in [6.45, 7) is 6.62. The van der Waals surface area contributed by atoms with Gasteiger partial charge in [0.25, 0.3) is 0 Å². The quantitative estimate of drug-likeness (QED) is 0.750. The van der Waals surface area contributed by atoms with Crippen LogP contribution in [0.3, 0.4) is 0 Å². The summed E-state index contributed by atoms with van der Waals surface area (Å²) in [5.41, 5.74) is 1.00. The number of hydrogen-bond acceptors (Lipinski definition) is 3. The van der Waals surface area contributed by atoms with E-state index < -0.39 is 0 Å². The lowest BCUT2D eigenvalue weighted by atomic mass is 9.81. The highest BCUT2D eigenvalue weighted by atomic mass is 16.5. The number of carbonyl (C=O) groups is 1. The highest BCUT2D eigenvalue weighted by Crippen LogP contribution is 2.29. The first kappa shape index (κ1) is 18.0. The molecule has 1 amide bonds. The van der Waals surface area contributed by atoms with Gasteiger partial charge in [0.05, 0.1) is 12.0 Å². The van der Waals surface area contributed by atoms with Crippen molar-refractivity contribution in [2.75, 3.05) is 33.3 Å². The van der Waals surface area contributed by atoms with Gasteiger partial charge in [-0.2, -0.15) is 0 Å². The minimum Gasteiger partial charge on any atom is -0.377 e. The molecule has 0 aliphatic carbocycles. The molecule has 1 aliphatic heterocycles. The fourth-order valence-electron chi connectivity index (χ4n) is 3.33. The summed E-state index contributed by atoms with van der Waals surface area (Å²) >= 11 is 0. The van der Waals surface area contributed by atoms with E-state index in [1.807, 2.05) is 18.2 Å². The summed E-state index contributed by atoms with van der Waals surface area (Å²) in [4.78, 5) is 14.5. The van der Waals surface area contributed by atoms with E-state index in [2.05, 4.69) is 29.3 Å². The third-order valence-electron chi connectivity index (χ3n) is 4.68. The number of hydrogen-bond donors (Lipinski definition) is 1. The fourth-order valence-corrected chi connectivity index (χ4v) is 3.33. The minimum atomic E-state index is -0.225. The van der Waals surface area contributed by atoms with Gasteiger partial charge in [0.15, 0.2) is 0 Å². The molecule has 1 heterocycles. The first-order valence-corrected chi connectivity index (χ1v) is 8.70. The number of rotatable bonds is 8. The number of nitrogens with zero attached hydrogens (tertiary/aromatic N) is 1. The molecule has 1 aromatic carbocycles. The lowest BCUT2D eigenvalue weighted by Crippen LogP contribution is -2.49. The zero-order valence-electron chi connectivity index (χ0n) is 14.5. The van der Waals surface area contributed by atoms with Gasteiger partial charge in [-0.25, -0.2) is 0 Å². The molecule has 4 nitrogen and oxygen atoms in total. The van der Waals surface area contributed by atoms with Crippen molar-refractivity contribution in [1.82, 2.24) is 10.2 Å². The van der Waals surface area contributed by atoms with Crippen LogP contribution in [-0.4, -0.2) is 44.1 Å². The molecular formula is C19H30N2O2. The second-order valence-corrected chi connectivity index (χ2v) is 6.76. The molecule has 1 fully saturated rings. The van der Waals surface area contributed by atoms with Gasteiger partial charge in [0, 0.05) is 20.2 Å². The van der Waals surface area contributed by atoms with E-state index in [1.165, 1.54) is 5.56 Å². The minimum absolute atomic E-state index is 0.174. The molecule has 2 rings (SSSR count). The van der Waals surface area contributed by atoms with Crippen LogP contribution >= 0.6 is 0 Å². The van der Waals surface area contributed by atoms with Gasteiger partial charge >= 0.3 is 0 Å². The first-order chi connectivity index (χ1) is 11.1. The van der Waals surface area contributed by atoms with E-state index in [-0.39, 0.29) is 11.3 Å². The van der Waals surface area contributed by atoms with Crippen molar-refractivity contribution in [3.05, 3.63) is 35.9 Å². The van der Waals surface area contributed by atoms with Crippen LogP contribution in [-0.2, 0) is 16.1 Å². The Labute approximate surface area is 140 Å². The van der Waals surface area contributed by atoms with Crippen molar-refractivity contribution in [3.63, 3.8) is 0 Å². The second-order valence-electron chi connectivity index (χ2n) is 6.76. The van der Waals surface area contributed by atoms with Gasteiger partial charge in [-0.05, 0) is 51.3 Å². The number of nitrogens with one attached hydrogen (secondary N) is 1. The molecule has 0 radical (unpaired) electrons. The number of benzene rings is 1. The molecule has 1 aromatic rings. The molecule has 0 bridgehead atoms. The monoisotopic (exact) mass is 318 g/mol. The Morgan fingerprint density at radius 3 is 2.83 bits per heavy atom. The average Bonchev–Trinajstić information content (AvgIpc) is 2.58. The Morgan fingerprint density at radius 1 is 1.30 bits per heavy atom. The number of amides is 1. The Balaban J connectivity index is 1.60. The number of carbonyl (C=O) groups excluding carboxylic acids is 1. The van der Waals surface area contributed by atoms with E-state index in [9.17, 15) is 4.79 Å². The maximum atomic E-state index is 12.0. The molecule has 1 unspecified atom stereocenters. The standard InChI is InChI=1S/C19H30N2O2/c1-19(18(22)20-2)11-8-13-21(16-19)12-6-7-14-23-15-17-9-4-3-5-10-17/h3-5,9-10H,6-8,11-16H2,1-2H3,(H,20,22). The van der Waals surface area contributed by atoms with Gasteiger partial charge in [-0.1, -0.05) is 30.3 Å². The number of ether oxygens (including phenoxy) is 1. The van der Waals surface area contributed by atoms with Gasteiger partial charge < -0.3 is 15.0 Å². The number of likely N-dealkylation sites (tertiary alicyclic amines) is 1. The fraction of sp³-hybridized carbons (Fsp3) is 0.632. The zero-order valence-corrected chi connectivity index (χ0v) is 14.5. The normalized spacial score (nSPS) is 22.0. The van der Waals surface area contributed by atoms with E-state index in [0.29, 0.717) is 6.61 Å². The molecule has 4 heteroatoms. The van der Waals surface area contributed by atoms with Crippen LogP contribution in [0.5, 0.6) is 0 Å². The highest BCUT2D eigenvalue weighted by Gasteiger charge is 2.36. The third kappa shape index (κ3) is 5.63. The van der Waals surface area contributed by atoms with E-state index in [0.717, 1.165) is 51.9 Å². The molecule has 1 aliphatic rings. The molecule has 23 heavy (non-hydrogen) atoms. The molecule has 1 atom stereocenters. The van der Waals surface area contributed by atoms with Crippen LogP contribution in [0.4, 0.5) is 0 Å². The van der Waals surface area contributed by atoms with E-state index in [4.69, 9.17) is 4.74 Å². The molecule has 0 spiro atoms. The lowest BCUT2D eigenvalue weighted by molar-refractivity contribution is -0.132. The van der Waals surface area contributed by atoms with Crippen molar-refractivity contribution in [1.29, 1.82) is 0 Å². The summed E-state index contributed by atoms with van der Waals surface area (Å²) in [7, 11) is 1.73. The second kappa shape index (κ2) is 9.04. The smallest absolute Gasteiger partial charge is 0.226 e. The van der Waals surface area contributed by atoms with Crippen LogP contribution in [0.15, 0.2) is 30.3 Å². The van der Waals surface area contributed by atoms with Crippen LogP contribution in [0.2, 0.25) is 0 Å². The van der Waals surface area contributed by atoms with Crippen molar-refractivity contribution >= 4 is 5.91 Å². The molecule has 0 saturated carbocycles. The maximum Gasteiger partial charge on any atom is 0.226 e. The summed E-state index contributed by atoms with van der Waals surface area (Å²) in [5.74, 6) is 0.174. The van der Waals surface area contributed by atoms with Gasteiger partial charge in [-0.15, -0.1) is 0 Å². The van der Waals surface area contributed by atoms with E-state index >= 15 is 0 Å². The predicted molar refractivity (Wildman–Crippen MR) is 93.2 cm³/mol.